The van der Waals surface area contributed by atoms with Gasteiger partial charge in [-0.2, -0.15) is 13.2 Å². The molecule has 0 radical (unpaired) electrons. The van der Waals surface area contributed by atoms with Crippen molar-refractivity contribution in [2.45, 2.75) is 47.3 Å². The highest BCUT2D eigenvalue weighted by atomic mass is 35.5. The van der Waals surface area contributed by atoms with E-state index >= 15 is 0 Å². The Morgan fingerprint density at radius 2 is 1.79 bits per heavy atom. The third-order valence-corrected chi connectivity index (χ3v) is 7.75. The molecule has 0 spiro atoms. The molecule has 2 unspecified atom stereocenters. The molecule has 7 nitrogen and oxygen atoms in total. The van der Waals surface area contributed by atoms with Gasteiger partial charge in [0.05, 0.1) is 18.0 Å². The number of alkyl halides is 3. The van der Waals surface area contributed by atoms with Gasteiger partial charge in [-0.3, -0.25) is 4.79 Å². The van der Waals surface area contributed by atoms with Gasteiger partial charge < -0.3 is 14.8 Å². The molecule has 2 saturated carbocycles. The monoisotopic (exact) mass is 566 g/mol. The Morgan fingerprint density at radius 3 is 2.29 bits per heavy atom. The van der Waals surface area contributed by atoms with Crippen LogP contribution in [0.15, 0.2) is 52.6 Å². The molecule has 1 N–H and O–H groups in total. The fraction of sp³-hybridized carbons (Fsp3) is 0.385. The van der Waals surface area contributed by atoms with Gasteiger partial charge in [0.15, 0.2) is 5.69 Å². The zero-order chi connectivity index (χ0) is 27.8. The number of carboxylic acids is 1. The van der Waals surface area contributed by atoms with Crippen molar-refractivity contribution in [2.24, 2.45) is 13.0 Å². The number of aromatic amines is 1. The van der Waals surface area contributed by atoms with Crippen molar-refractivity contribution in [3.05, 3.63) is 59.0 Å². The first-order valence-electron chi connectivity index (χ1n) is 11.9. The van der Waals surface area contributed by atoms with E-state index < -0.39 is 12.1 Å². The van der Waals surface area contributed by atoms with Crippen molar-refractivity contribution in [3.63, 3.8) is 0 Å². The number of carbonyl (C=O) groups excluding carboxylic acids is 2. The Labute approximate surface area is 227 Å². The lowest BCUT2D eigenvalue weighted by Gasteiger charge is -2.09. The molecule has 38 heavy (non-hydrogen) atoms. The second-order valence-corrected chi connectivity index (χ2v) is 11.0. The summed E-state index contributed by atoms with van der Waals surface area (Å²) in [6.45, 7) is 0. The Hall–Kier alpha value is -3.05. The van der Waals surface area contributed by atoms with Crippen LogP contribution in [0.4, 0.5) is 13.2 Å². The maximum absolute atomic E-state index is 12.2. The van der Waals surface area contributed by atoms with E-state index in [9.17, 15) is 18.0 Å². The highest BCUT2D eigenvalue weighted by Gasteiger charge is 2.44. The highest BCUT2D eigenvalue weighted by molar-refractivity contribution is 7.99. The Kier molecular flexibility index (Phi) is 8.08. The van der Waals surface area contributed by atoms with Crippen LogP contribution in [0.3, 0.4) is 0 Å². The minimum absolute atomic E-state index is 0.132. The number of aromatic nitrogens is 3. The molecule has 5 rings (SSSR count). The number of carbonyl (C=O) groups is 2. The standard InChI is InChI=1S/C24H25ClN4OS.C2HF3O2/c1-28(2)23(30)19-12-18(19)14-4-6-15(7-5-14)21-24(29(3)22(27-21)16-8-9-16)31-20-11-10-17(25)13-26-20;3-2(4,5)1(6)7/h4-7,10-11,13,16,18-19H,8-9,12H2,1-3H3;(H,6,7). The van der Waals surface area contributed by atoms with Crippen molar-refractivity contribution in [1.29, 1.82) is 0 Å². The third-order valence-electron chi connectivity index (χ3n) is 6.41. The number of rotatable bonds is 6. The summed E-state index contributed by atoms with van der Waals surface area (Å²) < 4.78 is 33.8. The first kappa shape index (κ1) is 28.0. The van der Waals surface area contributed by atoms with Crippen molar-refractivity contribution >= 4 is 35.2 Å². The summed E-state index contributed by atoms with van der Waals surface area (Å²) >= 11 is 7.67. The summed E-state index contributed by atoms with van der Waals surface area (Å²) in [5, 5.41) is 11.5. The maximum Gasteiger partial charge on any atom is 0.430 e. The van der Waals surface area contributed by atoms with E-state index in [1.165, 1.54) is 24.2 Å². The molecule has 2 atom stereocenters. The molecule has 2 aliphatic carbocycles. The number of carboxylic acid groups (broad SMARTS) is 1. The average Bonchev–Trinajstić information content (AvgIpc) is 3.79. The number of aliphatic carboxylic acids is 1. The SMILES string of the molecule is CN(C)C(=O)C1CC1c1ccc(-c2[nH]c(C3CC3)[n+](C)c2Sc2ccc(Cl)cn2)cc1.O=C([O-])C(F)(F)F. The largest absolute Gasteiger partial charge is 0.542 e. The van der Waals surface area contributed by atoms with Crippen LogP contribution < -0.4 is 9.67 Å². The summed E-state index contributed by atoms with van der Waals surface area (Å²) in [5.74, 6) is -0.416. The quantitative estimate of drug-likeness (QED) is 0.454. The predicted octanol–water partition coefficient (Wildman–Crippen LogP) is 4.07. The molecular weight excluding hydrogens is 541 g/mol. The number of benzene rings is 1. The molecule has 0 saturated heterocycles. The summed E-state index contributed by atoms with van der Waals surface area (Å²) in [7, 11) is 5.79. The summed E-state index contributed by atoms with van der Waals surface area (Å²) in [5.41, 5.74) is 3.52. The molecule has 2 heterocycles. The molecule has 2 aromatic heterocycles. The fourth-order valence-corrected chi connectivity index (χ4v) is 5.23. The van der Waals surface area contributed by atoms with Gasteiger partial charge in [-0.25, -0.2) is 14.5 Å². The lowest BCUT2D eigenvalue weighted by atomic mass is 10.0. The van der Waals surface area contributed by atoms with Gasteiger partial charge in [0, 0.05) is 31.8 Å². The number of imidazole rings is 1. The van der Waals surface area contributed by atoms with Gasteiger partial charge in [0.1, 0.15) is 11.0 Å². The minimum atomic E-state index is -5.19. The number of hydrogen-bond donors (Lipinski definition) is 1. The van der Waals surface area contributed by atoms with E-state index in [0.717, 1.165) is 27.7 Å². The summed E-state index contributed by atoms with van der Waals surface area (Å²) in [4.78, 5) is 30.9. The molecule has 202 valence electrons. The first-order valence-corrected chi connectivity index (χ1v) is 13.1. The van der Waals surface area contributed by atoms with Crippen LogP contribution in [0.5, 0.6) is 0 Å². The molecule has 3 aromatic rings. The minimum Gasteiger partial charge on any atom is -0.542 e. The second kappa shape index (κ2) is 11.0. The van der Waals surface area contributed by atoms with Crippen LogP contribution in [0.25, 0.3) is 11.3 Å². The zero-order valence-corrected chi connectivity index (χ0v) is 22.5. The lowest BCUT2D eigenvalue weighted by molar-refractivity contribution is -0.713. The van der Waals surface area contributed by atoms with E-state index in [0.29, 0.717) is 16.9 Å². The highest BCUT2D eigenvalue weighted by Crippen LogP contribution is 2.49. The Morgan fingerprint density at radius 1 is 1.16 bits per heavy atom. The Bertz CT molecular complexity index is 1320. The van der Waals surface area contributed by atoms with Crippen LogP contribution in [0.2, 0.25) is 5.02 Å². The third kappa shape index (κ3) is 6.50. The fourth-order valence-electron chi connectivity index (χ4n) is 4.18. The number of nitrogens with zero attached hydrogens (tertiary/aromatic N) is 3. The van der Waals surface area contributed by atoms with Gasteiger partial charge in [0.2, 0.25) is 10.9 Å². The van der Waals surface area contributed by atoms with Crippen LogP contribution >= 0.6 is 23.4 Å². The second-order valence-electron chi connectivity index (χ2n) is 9.53. The van der Waals surface area contributed by atoms with Gasteiger partial charge in [0.25, 0.3) is 5.82 Å². The summed E-state index contributed by atoms with van der Waals surface area (Å²) in [6.07, 6.45) is -0.0884. The number of H-pyrrole nitrogens is 1. The summed E-state index contributed by atoms with van der Waals surface area (Å²) in [6, 6.07) is 12.5. The molecule has 0 aliphatic heterocycles. The smallest absolute Gasteiger partial charge is 0.430 e. The number of pyridine rings is 1. The van der Waals surface area contributed by atoms with Crippen molar-refractivity contribution in [3.8, 4) is 11.3 Å². The first-order chi connectivity index (χ1) is 17.9. The van der Waals surface area contributed by atoms with E-state index in [2.05, 4.69) is 45.8 Å². The predicted molar refractivity (Wildman–Crippen MR) is 133 cm³/mol. The molecule has 1 aromatic carbocycles. The van der Waals surface area contributed by atoms with Gasteiger partial charge in [-0.15, -0.1) is 0 Å². The number of halogens is 4. The van der Waals surface area contributed by atoms with Crippen molar-refractivity contribution < 1.29 is 32.4 Å². The number of nitrogens with one attached hydrogen (secondary N) is 1. The maximum atomic E-state index is 12.2. The van der Waals surface area contributed by atoms with Gasteiger partial charge >= 0.3 is 6.18 Å². The van der Waals surface area contributed by atoms with Gasteiger partial charge in [-0.1, -0.05) is 35.9 Å². The van der Waals surface area contributed by atoms with Crippen LogP contribution in [-0.2, 0) is 16.6 Å². The van der Waals surface area contributed by atoms with Crippen molar-refractivity contribution in [1.82, 2.24) is 14.9 Å². The lowest BCUT2D eigenvalue weighted by Crippen LogP contribution is -2.37. The Balaban J connectivity index is 0.000000426. The zero-order valence-electron chi connectivity index (χ0n) is 20.9. The van der Waals surface area contributed by atoms with E-state index in [4.69, 9.17) is 21.5 Å². The molecule has 1 amide bonds. The molecule has 2 aliphatic rings. The van der Waals surface area contributed by atoms with Crippen LogP contribution in [-0.4, -0.2) is 47.0 Å². The van der Waals surface area contributed by atoms with Gasteiger partial charge in [-0.05, 0) is 54.6 Å². The number of hydrogen-bond acceptors (Lipinski definition) is 5. The average molecular weight is 567 g/mol. The van der Waals surface area contributed by atoms with E-state index in [-0.39, 0.29) is 11.8 Å². The van der Waals surface area contributed by atoms with Crippen LogP contribution in [0.1, 0.15) is 42.5 Å². The topological polar surface area (TPSA) is 93.0 Å². The molecule has 12 heteroatoms. The molecule has 2 fully saturated rings. The van der Waals surface area contributed by atoms with Crippen molar-refractivity contribution in [2.75, 3.05) is 14.1 Å². The van der Waals surface area contributed by atoms with E-state index in [1.807, 2.05) is 26.2 Å². The van der Waals surface area contributed by atoms with Crippen LogP contribution in [0, 0.1) is 5.92 Å². The molecular formula is C26H26ClF3N4O3S. The van der Waals surface area contributed by atoms with E-state index in [1.54, 1.807) is 22.9 Å². The molecule has 0 bridgehead atoms. The number of amides is 1. The normalized spacial score (nSPS) is 18.4.